The monoisotopic (exact) mass is 386 g/mol. The molecule has 4 heteroatoms. The van der Waals surface area contributed by atoms with Gasteiger partial charge in [0.15, 0.2) is 0 Å². The largest absolute Gasteiger partial charge is 0.481 e. The second-order valence-corrected chi connectivity index (χ2v) is 7.67. The summed E-state index contributed by atoms with van der Waals surface area (Å²) in [4.78, 5) is 10.3. The molecule has 0 aliphatic heterocycles. The Hall–Kier alpha value is -0.610. The molecular formula is C23H46O4. The van der Waals surface area contributed by atoms with E-state index in [-0.39, 0.29) is 6.42 Å². The number of rotatable bonds is 23. The van der Waals surface area contributed by atoms with E-state index in [1.54, 1.807) is 0 Å². The summed E-state index contributed by atoms with van der Waals surface area (Å²) in [6.45, 7) is 5.01. The van der Waals surface area contributed by atoms with E-state index in [0.717, 1.165) is 19.4 Å². The maximum atomic E-state index is 10.3. The first kappa shape index (κ1) is 26.4. The molecule has 162 valence electrons. The zero-order chi connectivity index (χ0) is 19.8. The second-order valence-electron chi connectivity index (χ2n) is 7.67. The van der Waals surface area contributed by atoms with Crippen LogP contribution in [-0.2, 0) is 14.3 Å². The fraction of sp³-hybridized carbons (Fsp3) is 0.957. The molecule has 0 aromatic heterocycles. The van der Waals surface area contributed by atoms with Crippen LogP contribution in [0.15, 0.2) is 0 Å². The van der Waals surface area contributed by atoms with Gasteiger partial charge in [0.2, 0.25) is 0 Å². The van der Waals surface area contributed by atoms with E-state index in [1.807, 2.05) is 0 Å². The topological polar surface area (TPSA) is 55.8 Å². The number of carboxylic acids is 1. The summed E-state index contributed by atoms with van der Waals surface area (Å²) in [5, 5.41) is 8.52. The van der Waals surface area contributed by atoms with Crippen LogP contribution in [0.25, 0.3) is 0 Å². The van der Waals surface area contributed by atoms with Crippen LogP contribution in [0.2, 0.25) is 0 Å². The third-order valence-corrected chi connectivity index (χ3v) is 4.94. The van der Waals surface area contributed by atoms with E-state index >= 15 is 0 Å². The molecule has 0 rings (SSSR count). The Morgan fingerprint density at radius 2 is 0.926 bits per heavy atom. The van der Waals surface area contributed by atoms with Crippen molar-refractivity contribution in [2.45, 2.75) is 116 Å². The molecule has 0 fully saturated rings. The molecule has 0 unspecified atom stereocenters. The van der Waals surface area contributed by atoms with Crippen molar-refractivity contribution in [3.8, 4) is 0 Å². The molecule has 0 spiro atoms. The van der Waals surface area contributed by atoms with Gasteiger partial charge in [-0.15, -0.1) is 0 Å². The third kappa shape index (κ3) is 25.4. The van der Waals surface area contributed by atoms with Crippen LogP contribution >= 0.6 is 0 Å². The molecule has 1 N–H and O–H groups in total. The van der Waals surface area contributed by atoms with Gasteiger partial charge < -0.3 is 14.6 Å². The number of aliphatic carboxylic acids is 1. The summed E-state index contributed by atoms with van der Waals surface area (Å²) < 4.78 is 11.0. The fourth-order valence-corrected chi connectivity index (χ4v) is 3.20. The number of carboxylic acid groups (broad SMARTS) is 1. The van der Waals surface area contributed by atoms with Gasteiger partial charge in [-0.3, -0.25) is 4.79 Å². The van der Waals surface area contributed by atoms with Gasteiger partial charge in [-0.05, 0) is 19.3 Å². The summed E-state index contributed by atoms with van der Waals surface area (Å²) in [5.41, 5.74) is 0. The Balaban J connectivity index is 2.98. The van der Waals surface area contributed by atoms with Gasteiger partial charge in [0.1, 0.15) is 0 Å². The lowest BCUT2D eigenvalue weighted by atomic mass is 10.0. The van der Waals surface area contributed by atoms with Crippen LogP contribution in [0, 0.1) is 0 Å². The second kappa shape index (κ2) is 23.4. The van der Waals surface area contributed by atoms with Gasteiger partial charge in [0.05, 0.1) is 13.2 Å². The van der Waals surface area contributed by atoms with Crippen LogP contribution in [0.5, 0.6) is 0 Å². The lowest BCUT2D eigenvalue weighted by Gasteiger charge is -2.06. The summed E-state index contributed by atoms with van der Waals surface area (Å²) in [6, 6.07) is 0. The first-order valence-electron chi connectivity index (χ1n) is 11.6. The molecule has 4 nitrogen and oxygen atoms in total. The first-order chi connectivity index (χ1) is 13.3. The summed E-state index contributed by atoms with van der Waals surface area (Å²) in [5.74, 6) is -0.730. The normalized spacial score (nSPS) is 11.1. The molecule has 0 aromatic carbocycles. The van der Waals surface area contributed by atoms with Crippen LogP contribution in [-0.4, -0.2) is 37.5 Å². The first-order valence-corrected chi connectivity index (χ1v) is 11.6. The highest BCUT2D eigenvalue weighted by Crippen LogP contribution is 2.12. The van der Waals surface area contributed by atoms with E-state index in [0.29, 0.717) is 26.2 Å². The van der Waals surface area contributed by atoms with Crippen molar-refractivity contribution >= 4 is 5.97 Å². The predicted octanol–water partition coefficient (Wildman–Crippen LogP) is 6.76. The average Bonchev–Trinajstić information content (AvgIpc) is 2.65. The molecule has 0 bridgehead atoms. The van der Waals surface area contributed by atoms with Crippen molar-refractivity contribution < 1.29 is 19.4 Å². The third-order valence-electron chi connectivity index (χ3n) is 4.94. The molecule has 0 radical (unpaired) electrons. The number of ether oxygens (including phenoxy) is 2. The van der Waals surface area contributed by atoms with Gasteiger partial charge in [0.25, 0.3) is 0 Å². The van der Waals surface area contributed by atoms with Crippen LogP contribution < -0.4 is 0 Å². The highest BCUT2D eigenvalue weighted by molar-refractivity contribution is 5.66. The molecule has 0 saturated carbocycles. The minimum absolute atomic E-state index is 0.235. The zero-order valence-corrected chi connectivity index (χ0v) is 18.0. The minimum atomic E-state index is -0.730. The summed E-state index contributed by atoms with van der Waals surface area (Å²) in [6.07, 6.45) is 21.0. The molecule has 27 heavy (non-hydrogen) atoms. The van der Waals surface area contributed by atoms with E-state index in [2.05, 4.69) is 6.92 Å². The molecule has 0 aliphatic rings. The smallest absolute Gasteiger partial charge is 0.303 e. The Morgan fingerprint density at radius 1 is 0.556 bits per heavy atom. The Bertz CT molecular complexity index is 294. The lowest BCUT2D eigenvalue weighted by molar-refractivity contribution is -0.137. The average molecular weight is 387 g/mol. The molecule has 0 amide bonds. The summed E-state index contributed by atoms with van der Waals surface area (Å²) >= 11 is 0. The molecule has 0 aromatic rings. The molecule has 0 heterocycles. The highest BCUT2D eigenvalue weighted by atomic mass is 16.5. The standard InChI is InChI=1S/C23H46O4/c1-2-3-4-5-6-7-8-9-10-11-12-13-14-16-19-26-21-22-27-20-17-15-18-23(24)25/h2-22H2,1H3,(H,24,25). The van der Waals surface area contributed by atoms with E-state index < -0.39 is 5.97 Å². The van der Waals surface area contributed by atoms with Crippen molar-refractivity contribution in [3.63, 3.8) is 0 Å². The Morgan fingerprint density at radius 3 is 1.33 bits per heavy atom. The summed E-state index contributed by atoms with van der Waals surface area (Å²) in [7, 11) is 0. The number of carbonyl (C=O) groups is 1. The lowest BCUT2D eigenvalue weighted by Crippen LogP contribution is -2.06. The maximum absolute atomic E-state index is 10.3. The van der Waals surface area contributed by atoms with Gasteiger partial charge in [-0.25, -0.2) is 0 Å². The van der Waals surface area contributed by atoms with Gasteiger partial charge in [0, 0.05) is 19.6 Å². The number of unbranched alkanes of at least 4 members (excludes halogenated alkanes) is 14. The van der Waals surface area contributed by atoms with Gasteiger partial charge >= 0.3 is 5.97 Å². The number of hydrogen-bond donors (Lipinski definition) is 1. The Kier molecular flexibility index (Phi) is 22.9. The molecular weight excluding hydrogens is 340 g/mol. The SMILES string of the molecule is CCCCCCCCCCCCCCCCOCCOCCCCC(=O)O. The van der Waals surface area contributed by atoms with Crippen molar-refractivity contribution in [1.82, 2.24) is 0 Å². The maximum Gasteiger partial charge on any atom is 0.303 e. The van der Waals surface area contributed by atoms with Gasteiger partial charge in [-0.2, -0.15) is 0 Å². The molecule has 0 atom stereocenters. The predicted molar refractivity (Wildman–Crippen MR) is 113 cm³/mol. The van der Waals surface area contributed by atoms with Crippen molar-refractivity contribution in [2.24, 2.45) is 0 Å². The molecule has 0 saturated heterocycles. The number of hydrogen-bond acceptors (Lipinski definition) is 3. The van der Waals surface area contributed by atoms with Gasteiger partial charge in [-0.1, -0.05) is 90.4 Å². The van der Waals surface area contributed by atoms with Crippen molar-refractivity contribution in [1.29, 1.82) is 0 Å². The van der Waals surface area contributed by atoms with Crippen molar-refractivity contribution in [3.05, 3.63) is 0 Å². The van der Waals surface area contributed by atoms with E-state index in [9.17, 15) is 4.79 Å². The Labute approximate surface area is 168 Å². The molecule has 0 aliphatic carbocycles. The van der Waals surface area contributed by atoms with Crippen LogP contribution in [0.1, 0.15) is 116 Å². The zero-order valence-electron chi connectivity index (χ0n) is 18.0. The van der Waals surface area contributed by atoms with Crippen molar-refractivity contribution in [2.75, 3.05) is 26.4 Å². The quantitative estimate of drug-likeness (QED) is 0.197. The van der Waals surface area contributed by atoms with Crippen LogP contribution in [0.4, 0.5) is 0 Å². The van der Waals surface area contributed by atoms with Crippen LogP contribution in [0.3, 0.4) is 0 Å². The minimum Gasteiger partial charge on any atom is -0.481 e. The van der Waals surface area contributed by atoms with E-state index in [4.69, 9.17) is 14.6 Å². The van der Waals surface area contributed by atoms with E-state index in [1.165, 1.54) is 83.5 Å². The highest BCUT2D eigenvalue weighted by Gasteiger charge is 1.97. The fourth-order valence-electron chi connectivity index (χ4n) is 3.20.